The summed E-state index contributed by atoms with van der Waals surface area (Å²) in [5, 5.41) is 9.77. The molecule has 22 heavy (non-hydrogen) atoms. The van der Waals surface area contributed by atoms with Crippen molar-refractivity contribution < 1.29 is 4.79 Å². The van der Waals surface area contributed by atoms with E-state index in [2.05, 4.69) is 20.4 Å². The summed E-state index contributed by atoms with van der Waals surface area (Å²) in [7, 11) is 0. The number of carbonyl (C=O) groups excluding carboxylic acids is 1. The van der Waals surface area contributed by atoms with Gasteiger partial charge in [0.2, 0.25) is 5.91 Å². The zero-order chi connectivity index (χ0) is 14.7. The molecule has 0 radical (unpaired) electrons. The molecule has 1 aromatic rings. The molecule has 3 rings (SSSR count). The summed E-state index contributed by atoms with van der Waals surface area (Å²) < 4.78 is 0. The van der Waals surface area contributed by atoms with Gasteiger partial charge in [0.05, 0.1) is 0 Å². The second-order valence-electron chi connectivity index (χ2n) is 5.62. The molecule has 0 bridgehead atoms. The summed E-state index contributed by atoms with van der Waals surface area (Å²) in [4.78, 5) is 27.6. The number of carbonyl (C=O) groups is 1. The summed E-state index contributed by atoms with van der Waals surface area (Å²) in [5.74, 6) is 1.20. The molecule has 1 amide bonds. The molecule has 2 aliphatic heterocycles. The molecular weight excluding hydrogens is 306 g/mol. The Balaban J connectivity index is 0.00000176. The van der Waals surface area contributed by atoms with Crippen molar-refractivity contribution in [2.45, 2.75) is 12.8 Å². The monoisotopic (exact) mass is 327 g/mol. The fourth-order valence-corrected chi connectivity index (χ4v) is 3.01. The normalized spacial score (nSPS) is 19.6. The van der Waals surface area contributed by atoms with Crippen LogP contribution in [0.3, 0.4) is 0 Å². The van der Waals surface area contributed by atoms with Gasteiger partial charge in [-0.25, -0.2) is 5.10 Å². The van der Waals surface area contributed by atoms with Crippen LogP contribution in [0, 0.1) is 5.92 Å². The van der Waals surface area contributed by atoms with E-state index in [0.29, 0.717) is 5.91 Å². The van der Waals surface area contributed by atoms with Gasteiger partial charge >= 0.3 is 0 Å². The van der Waals surface area contributed by atoms with E-state index < -0.39 is 0 Å². The fourth-order valence-electron chi connectivity index (χ4n) is 3.01. The van der Waals surface area contributed by atoms with Gasteiger partial charge in [-0.15, -0.1) is 12.4 Å². The topological polar surface area (TPSA) is 81.3 Å². The third kappa shape index (κ3) is 3.78. The number of hydrogen-bond donors (Lipinski definition) is 2. The molecule has 0 spiro atoms. The third-order valence-corrected chi connectivity index (χ3v) is 4.26. The molecule has 0 saturated carbocycles. The summed E-state index contributed by atoms with van der Waals surface area (Å²) in [6.45, 7) is 5.04. The van der Waals surface area contributed by atoms with Crippen LogP contribution in [0.15, 0.2) is 16.9 Å². The predicted molar refractivity (Wildman–Crippen MR) is 86.5 cm³/mol. The van der Waals surface area contributed by atoms with Gasteiger partial charge in [-0.3, -0.25) is 9.59 Å². The Bertz CT molecular complexity index is 530. The van der Waals surface area contributed by atoms with Crippen molar-refractivity contribution in [3.63, 3.8) is 0 Å². The van der Waals surface area contributed by atoms with Gasteiger partial charge in [0.25, 0.3) is 5.56 Å². The van der Waals surface area contributed by atoms with E-state index in [-0.39, 0.29) is 23.9 Å². The lowest BCUT2D eigenvalue weighted by Crippen LogP contribution is -2.50. The largest absolute Gasteiger partial charge is 0.355 e. The number of rotatable bonds is 2. The maximum absolute atomic E-state index is 12.5. The molecule has 0 aromatic carbocycles. The molecule has 0 aliphatic carbocycles. The first-order valence-electron chi connectivity index (χ1n) is 7.54. The molecular formula is C14H22ClN5O2. The predicted octanol–water partition coefficient (Wildman–Crippen LogP) is -0.160. The molecule has 0 atom stereocenters. The molecule has 1 aromatic heterocycles. The molecule has 2 N–H and O–H groups in total. The van der Waals surface area contributed by atoms with Crippen molar-refractivity contribution in [3.8, 4) is 0 Å². The van der Waals surface area contributed by atoms with Crippen molar-refractivity contribution in [1.82, 2.24) is 20.4 Å². The second kappa shape index (κ2) is 7.60. The lowest BCUT2D eigenvalue weighted by Gasteiger charge is -2.36. The number of amides is 1. The molecule has 2 fully saturated rings. The number of halogens is 1. The van der Waals surface area contributed by atoms with Crippen LogP contribution >= 0.6 is 12.4 Å². The highest BCUT2D eigenvalue weighted by Gasteiger charge is 2.29. The lowest BCUT2D eigenvalue weighted by molar-refractivity contribution is -0.136. The molecule has 8 heteroatoms. The quantitative estimate of drug-likeness (QED) is 0.789. The number of aromatic amines is 1. The Morgan fingerprint density at radius 1 is 1.14 bits per heavy atom. The highest BCUT2D eigenvalue weighted by atomic mass is 35.5. The number of anilines is 1. The van der Waals surface area contributed by atoms with Gasteiger partial charge in [-0.2, -0.15) is 5.10 Å². The van der Waals surface area contributed by atoms with Crippen molar-refractivity contribution in [2.75, 3.05) is 44.2 Å². The second-order valence-corrected chi connectivity index (χ2v) is 5.62. The SMILES string of the molecule is Cl.O=C(C1CCN(c2ccc(=O)[nH]n2)CC1)N1CCNCC1. The first kappa shape index (κ1) is 16.8. The van der Waals surface area contributed by atoms with Gasteiger partial charge in [-0.1, -0.05) is 0 Å². The molecule has 2 saturated heterocycles. The molecule has 0 unspecified atom stereocenters. The summed E-state index contributed by atoms with van der Waals surface area (Å²) >= 11 is 0. The molecule has 3 heterocycles. The van der Waals surface area contributed by atoms with E-state index in [1.54, 1.807) is 6.07 Å². The van der Waals surface area contributed by atoms with E-state index in [4.69, 9.17) is 0 Å². The number of hydrogen-bond acceptors (Lipinski definition) is 5. The van der Waals surface area contributed by atoms with Crippen molar-refractivity contribution in [2.24, 2.45) is 5.92 Å². The Morgan fingerprint density at radius 2 is 1.82 bits per heavy atom. The molecule has 7 nitrogen and oxygen atoms in total. The fraction of sp³-hybridized carbons (Fsp3) is 0.643. The smallest absolute Gasteiger partial charge is 0.264 e. The Kier molecular flexibility index (Phi) is 5.79. The Hall–Kier alpha value is -1.60. The maximum Gasteiger partial charge on any atom is 0.264 e. The number of piperidine rings is 1. The van der Waals surface area contributed by atoms with Gasteiger partial charge in [0, 0.05) is 51.3 Å². The highest BCUT2D eigenvalue weighted by Crippen LogP contribution is 2.22. The van der Waals surface area contributed by atoms with Gasteiger partial charge in [-0.05, 0) is 18.9 Å². The van der Waals surface area contributed by atoms with Gasteiger partial charge < -0.3 is 15.1 Å². The summed E-state index contributed by atoms with van der Waals surface area (Å²) in [6, 6.07) is 3.22. The highest BCUT2D eigenvalue weighted by molar-refractivity contribution is 5.85. The van der Waals surface area contributed by atoms with Crippen molar-refractivity contribution >= 4 is 24.1 Å². The van der Waals surface area contributed by atoms with Crippen LogP contribution < -0.4 is 15.8 Å². The zero-order valence-electron chi connectivity index (χ0n) is 12.5. The Labute approximate surface area is 135 Å². The van der Waals surface area contributed by atoms with Crippen molar-refractivity contribution in [3.05, 3.63) is 22.5 Å². The number of piperazine rings is 1. The average molecular weight is 328 g/mol. The van der Waals surface area contributed by atoms with Crippen LogP contribution in [-0.4, -0.2) is 60.3 Å². The van der Waals surface area contributed by atoms with E-state index in [1.807, 2.05) is 4.90 Å². The first-order chi connectivity index (χ1) is 10.2. The standard InChI is InChI=1S/C14H21N5O2.ClH/c20-13-2-1-12(16-17-13)18-7-3-11(4-8-18)14(21)19-9-5-15-6-10-19;/h1-2,11,15H,3-10H2,(H,17,20);1H. The molecule has 122 valence electrons. The van der Waals surface area contributed by atoms with Gasteiger partial charge in [0.15, 0.2) is 0 Å². The van der Waals surface area contributed by atoms with Crippen LogP contribution in [0.5, 0.6) is 0 Å². The number of nitrogens with one attached hydrogen (secondary N) is 2. The minimum Gasteiger partial charge on any atom is -0.355 e. The van der Waals surface area contributed by atoms with E-state index in [9.17, 15) is 9.59 Å². The van der Waals surface area contributed by atoms with E-state index in [0.717, 1.165) is 57.9 Å². The Morgan fingerprint density at radius 3 is 2.41 bits per heavy atom. The number of aromatic nitrogens is 2. The van der Waals surface area contributed by atoms with Crippen LogP contribution in [0.4, 0.5) is 5.82 Å². The average Bonchev–Trinajstić information content (AvgIpc) is 2.56. The number of H-pyrrole nitrogens is 1. The van der Waals surface area contributed by atoms with Crippen LogP contribution in [0.1, 0.15) is 12.8 Å². The minimum absolute atomic E-state index is 0. The summed E-state index contributed by atoms with van der Waals surface area (Å²) in [5.41, 5.74) is -0.192. The van der Waals surface area contributed by atoms with Crippen LogP contribution in [0.2, 0.25) is 0 Å². The zero-order valence-corrected chi connectivity index (χ0v) is 13.3. The van der Waals surface area contributed by atoms with E-state index >= 15 is 0 Å². The minimum atomic E-state index is -0.192. The first-order valence-corrected chi connectivity index (χ1v) is 7.54. The van der Waals surface area contributed by atoms with E-state index in [1.165, 1.54) is 6.07 Å². The molecule has 2 aliphatic rings. The van der Waals surface area contributed by atoms with Crippen LogP contribution in [-0.2, 0) is 4.79 Å². The van der Waals surface area contributed by atoms with Gasteiger partial charge in [0.1, 0.15) is 5.82 Å². The lowest BCUT2D eigenvalue weighted by atomic mass is 9.95. The maximum atomic E-state index is 12.5. The third-order valence-electron chi connectivity index (χ3n) is 4.26. The summed E-state index contributed by atoms with van der Waals surface area (Å²) in [6.07, 6.45) is 1.70. The van der Waals surface area contributed by atoms with Crippen LogP contribution in [0.25, 0.3) is 0 Å². The number of nitrogens with zero attached hydrogens (tertiary/aromatic N) is 3. The van der Waals surface area contributed by atoms with Crippen molar-refractivity contribution in [1.29, 1.82) is 0 Å².